The van der Waals surface area contributed by atoms with E-state index in [4.69, 9.17) is 9.84 Å². The van der Waals surface area contributed by atoms with Gasteiger partial charge in [-0.1, -0.05) is 13.8 Å². The molecule has 20 heavy (non-hydrogen) atoms. The maximum absolute atomic E-state index is 11.9. The number of carbonyl (C=O) groups excluding carboxylic acids is 1. The Morgan fingerprint density at radius 3 is 2.40 bits per heavy atom. The summed E-state index contributed by atoms with van der Waals surface area (Å²) in [5.74, 6) is -0.266. The number of aryl methyl sites for hydroxylation is 2. The van der Waals surface area contributed by atoms with Crippen LogP contribution in [0.1, 0.15) is 35.3 Å². The van der Waals surface area contributed by atoms with E-state index in [9.17, 15) is 9.59 Å². The Morgan fingerprint density at radius 2 is 1.85 bits per heavy atom. The molecule has 0 bridgehead atoms. The minimum atomic E-state index is -1.13. The van der Waals surface area contributed by atoms with E-state index in [0.29, 0.717) is 18.1 Å². The van der Waals surface area contributed by atoms with Gasteiger partial charge in [0.25, 0.3) is 0 Å². The van der Waals surface area contributed by atoms with Crippen LogP contribution in [0.5, 0.6) is 5.75 Å². The molecule has 0 heterocycles. The van der Waals surface area contributed by atoms with E-state index >= 15 is 0 Å². The third kappa shape index (κ3) is 4.53. The van der Waals surface area contributed by atoms with Crippen LogP contribution in [0.25, 0.3) is 0 Å². The van der Waals surface area contributed by atoms with E-state index in [0.717, 1.165) is 29.0 Å². The number of rotatable bonds is 6. The van der Waals surface area contributed by atoms with Crippen molar-refractivity contribution in [1.82, 2.24) is 0 Å². The van der Waals surface area contributed by atoms with Crippen molar-refractivity contribution in [3.63, 3.8) is 0 Å². The van der Waals surface area contributed by atoms with Gasteiger partial charge >= 0.3 is 5.97 Å². The number of ketones is 1. The standard InChI is InChI=1S/C16H20O4/c1-10(2)9-20-15-8-11(3)13(7-12(15)4)14(17)5-6-16(18)19/h5-8,10H,9H2,1-4H3,(H,18,19)/b6-5+. The topological polar surface area (TPSA) is 63.6 Å². The molecule has 1 aromatic carbocycles. The maximum Gasteiger partial charge on any atom is 0.328 e. The highest BCUT2D eigenvalue weighted by atomic mass is 16.5. The molecule has 0 spiro atoms. The van der Waals surface area contributed by atoms with Gasteiger partial charge < -0.3 is 9.84 Å². The molecule has 1 rings (SSSR count). The molecule has 0 aliphatic carbocycles. The predicted octanol–water partition coefficient (Wildman–Crippen LogP) is 3.16. The van der Waals surface area contributed by atoms with Crippen LogP contribution in [0, 0.1) is 19.8 Å². The molecule has 0 amide bonds. The van der Waals surface area contributed by atoms with Crippen molar-refractivity contribution in [1.29, 1.82) is 0 Å². The summed E-state index contributed by atoms with van der Waals surface area (Å²) in [7, 11) is 0. The number of carbonyl (C=O) groups is 2. The number of benzene rings is 1. The summed E-state index contributed by atoms with van der Waals surface area (Å²) in [6, 6.07) is 3.55. The monoisotopic (exact) mass is 276 g/mol. The molecule has 1 N–H and O–H groups in total. The summed E-state index contributed by atoms with van der Waals surface area (Å²) >= 11 is 0. The van der Waals surface area contributed by atoms with E-state index < -0.39 is 5.97 Å². The highest BCUT2D eigenvalue weighted by molar-refractivity contribution is 6.07. The van der Waals surface area contributed by atoms with Crippen LogP contribution in [-0.2, 0) is 4.79 Å². The summed E-state index contributed by atoms with van der Waals surface area (Å²) in [6.07, 6.45) is 1.92. The Morgan fingerprint density at radius 1 is 1.20 bits per heavy atom. The average Bonchev–Trinajstić information content (AvgIpc) is 2.36. The van der Waals surface area contributed by atoms with Crippen LogP contribution < -0.4 is 4.74 Å². The Bertz CT molecular complexity index is 542. The SMILES string of the molecule is Cc1cc(C(=O)/C=C/C(=O)O)c(C)cc1OCC(C)C. The molecule has 4 heteroatoms. The molecule has 0 aromatic heterocycles. The lowest BCUT2D eigenvalue weighted by atomic mass is 10.0. The van der Waals surface area contributed by atoms with Gasteiger partial charge in [-0.05, 0) is 49.1 Å². The minimum Gasteiger partial charge on any atom is -0.493 e. The molecule has 1 aromatic rings. The smallest absolute Gasteiger partial charge is 0.328 e. The van der Waals surface area contributed by atoms with Crippen molar-refractivity contribution >= 4 is 11.8 Å². The molecule has 0 radical (unpaired) electrons. The molecule has 0 fully saturated rings. The second-order valence-electron chi connectivity index (χ2n) is 5.17. The number of hydrogen-bond acceptors (Lipinski definition) is 3. The summed E-state index contributed by atoms with van der Waals surface area (Å²) in [5, 5.41) is 8.54. The van der Waals surface area contributed by atoms with Crippen molar-refractivity contribution in [2.75, 3.05) is 6.61 Å². The van der Waals surface area contributed by atoms with Gasteiger partial charge in [0, 0.05) is 11.6 Å². The van der Waals surface area contributed by atoms with E-state index in [-0.39, 0.29) is 5.78 Å². The first-order valence-electron chi connectivity index (χ1n) is 6.50. The maximum atomic E-state index is 11.9. The first-order valence-corrected chi connectivity index (χ1v) is 6.50. The van der Waals surface area contributed by atoms with Gasteiger partial charge in [0.05, 0.1) is 6.61 Å². The zero-order valence-electron chi connectivity index (χ0n) is 12.3. The first-order chi connectivity index (χ1) is 9.31. The second-order valence-corrected chi connectivity index (χ2v) is 5.17. The predicted molar refractivity (Wildman–Crippen MR) is 77.4 cm³/mol. The minimum absolute atomic E-state index is 0.316. The molecule has 0 unspecified atom stereocenters. The summed E-state index contributed by atoms with van der Waals surface area (Å²) in [6.45, 7) is 8.43. The molecular formula is C16H20O4. The third-order valence-corrected chi connectivity index (χ3v) is 2.74. The molecule has 0 aliphatic heterocycles. The van der Waals surface area contributed by atoms with Crippen molar-refractivity contribution in [3.05, 3.63) is 41.0 Å². The lowest BCUT2D eigenvalue weighted by Gasteiger charge is -2.13. The number of allylic oxidation sites excluding steroid dienone is 1. The first kappa shape index (κ1) is 16.0. The number of hydrogen-bond donors (Lipinski definition) is 1. The van der Waals surface area contributed by atoms with E-state index in [1.165, 1.54) is 0 Å². The number of carboxylic acids is 1. The van der Waals surface area contributed by atoms with E-state index in [1.54, 1.807) is 6.07 Å². The quantitative estimate of drug-likeness (QED) is 0.640. The fraction of sp³-hybridized carbons (Fsp3) is 0.375. The molecule has 0 atom stereocenters. The summed E-state index contributed by atoms with van der Waals surface area (Å²) < 4.78 is 5.69. The number of carboxylic acid groups (broad SMARTS) is 1. The lowest BCUT2D eigenvalue weighted by molar-refractivity contribution is -0.131. The van der Waals surface area contributed by atoms with Gasteiger partial charge in [-0.2, -0.15) is 0 Å². The van der Waals surface area contributed by atoms with Gasteiger partial charge in [-0.3, -0.25) is 4.79 Å². The molecular weight excluding hydrogens is 256 g/mol. The highest BCUT2D eigenvalue weighted by Crippen LogP contribution is 2.24. The zero-order valence-corrected chi connectivity index (χ0v) is 12.3. The van der Waals surface area contributed by atoms with Gasteiger partial charge in [-0.25, -0.2) is 4.79 Å². The van der Waals surface area contributed by atoms with Crippen LogP contribution in [-0.4, -0.2) is 23.5 Å². The fourth-order valence-corrected chi connectivity index (χ4v) is 1.70. The Balaban J connectivity index is 2.98. The van der Waals surface area contributed by atoms with Gasteiger partial charge in [0.15, 0.2) is 5.78 Å². The van der Waals surface area contributed by atoms with Crippen molar-refractivity contribution in [2.45, 2.75) is 27.7 Å². The largest absolute Gasteiger partial charge is 0.493 e. The van der Waals surface area contributed by atoms with Crippen molar-refractivity contribution < 1.29 is 19.4 Å². The van der Waals surface area contributed by atoms with Gasteiger partial charge in [0.2, 0.25) is 0 Å². The second kappa shape index (κ2) is 6.89. The lowest BCUT2D eigenvalue weighted by Crippen LogP contribution is -2.07. The third-order valence-electron chi connectivity index (χ3n) is 2.74. The summed E-state index contributed by atoms with van der Waals surface area (Å²) in [4.78, 5) is 22.3. The number of aliphatic carboxylic acids is 1. The van der Waals surface area contributed by atoms with Crippen molar-refractivity contribution in [2.24, 2.45) is 5.92 Å². The van der Waals surface area contributed by atoms with Crippen LogP contribution in [0.4, 0.5) is 0 Å². The molecule has 4 nitrogen and oxygen atoms in total. The molecule has 0 aliphatic rings. The van der Waals surface area contributed by atoms with Gasteiger partial charge in [-0.15, -0.1) is 0 Å². The molecule has 108 valence electrons. The Kier molecular flexibility index (Phi) is 5.50. The van der Waals surface area contributed by atoms with E-state index in [2.05, 4.69) is 13.8 Å². The van der Waals surface area contributed by atoms with Crippen LogP contribution in [0.15, 0.2) is 24.3 Å². The fourth-order valence-electron chi connectivity index (χ4n) is 1.70. The van der Waals surface area contributed by atoms with Crippen LogP contribution in [0.3, 0.4) is 0 Å². The van der Waals surface area contributed by atoms with E-state index in [1.807, 2.05) is 19.9 Å². The normalized spacial score (nSPS) is 11.1. The highest BCUT2D eigenvalue weighted by Gasteiger charge is 2.11. The van der Waals surface area contributed by atoms with Gasteiger partial charge in [0.1, 0.15) is 5.75 Å². The van der Waals surface area contributed by atoms with Crippen LogP contribution in [0.2, 0.25) is 0 Å². The Labute approximate surface area is 119 Å². The van der Waals surface area contributed by atoms with Crippen LogP contribution >= 0.6 is 0 Å². The average molecular weight is 276 g/mol. The summed E-state index contributed by atoms with van der Waals surface area (Å²) in [5.41, 5.74) is 2.13. The molecule has 0 saturated heterocycles. The Hall–Kier alpha value is -2.10. The molecule has 0 saturated carbocycles. The van der Waals surface area contributed by atoms with Crippen molar-refractivity contribution in [3.8, 4) is 5.75 Å². The zero-order chi connectivity index (χ0) is 15.3. The number of ether oxygens (including phenoxy) is 1.